The smallest absolute Gasteiger partial charge is 0.272 e. The number of likely N-dealkylation sites (tertiary alicyclic amines) is 1. The first-order chi connectivity index (χ1) is 9.65. The summed E-state index contributed by atoms with van der Waals surface area (Å²) in [6.07, 6.45) is 2.13. The molecule has 2 heterocycles. The van der Waals surface area contributed by atoms with E-state index in [9.17, 15) is 4.79 Å². The monoisotopic (exact) mass is 269 g/mol. The van der Waals surface area contributed by atoms with Crippen molar-refractivity contribution in [1.82, 2.24) is 9.88 Å². The minimum absolute atomic E-state index is 0.00523. The number of nitrogen functional groups attached to an aromatic ring is 1. The van der Waals surface area contributed by atoms with Crippen LogP contribution in [-0.4, -0.2) is 28.9 Å². The van der Waals surface area contributed by atoms with Gasteiger partial charge in [0.05, 0.1) is 5.52 Å². The van der Waals surface area contributed by atoms with Gasteiger partial charge in [-0.1, -0.05) is 25.1 Å². The van der Waals surface area contributed by atoms with Gasteiger partial charge in [-0.2, -0.15) is 0 Å². The van der Waals surface area contributed by atoms with E-state index in [0.717, 1.165) is 36.8 Å². The van der Waals surface area contributed by atoms with Crippen molar-refractivity contribution in [2.45, 2.75) is 19.8 Å². The molecule has 2 N–H and O–H groups in total. The highest BCUT2D eigenvalue weighted by Gasteiger charge is 2.22. The third-order valence-corrected chi connectivity index (χ3v) is 4.04. The van der Waals surface area contributed by atoms with E-state index in [1.165, 1.54) is 0 Å². The molecule has 4 heteroatoms. The van der Waals surface area contributed by atoms with Gasteiger partial charge in [-0.3, -0.25) is 4.79 Å². The van der Waals surface area contributed by atoms with Crippen LogP contribution in [0.15, 0.2) is 30.3 Å². The standard InChI is InChI=1S/C16H19N3O/c1-11-6-8-19(9-7-11)16(20)15-10-13(17)12-4-2-3-5-14(12)18-15/h2-5,10-11H,6-9H2,1H3,(H2,17,18). The Labute approximate surface area is 118 Å². The van der Waals surface area contributed by atoms with Gasteiger partial charge in [-0.25, -0.2) is 4.98 Å². The van der Waals surface area contributed by atoms with Crippen LogP contribution >= 0.6 is 0 Å². The number of pyridine rings is 1. The van der Waals surface area contributed by atoms with Gasteiger partial charge in [-0.05, 0) is 30.9 Å². The van der Waals surface area contributed by atoms with E-state index in [1.54, 1.807) is 6.07 Å². The lowest BCUT2D eigenvalue weighted by Crippen LogP contribution is -2.38. The lowest BCUT2D eigenvalue weighted by Gasteiger charge is -2.30. The Bertz CT molecular complexity index is 645. The summed E-state index contributed by atoms with van der Waals surface area (Å²) in [5.74, 6) is 0.697. The number of fused-ring (bicyclic) bond motifs is 1. The molecular weight excluding hydrogens is 250 g/mol. The Morgan fingerprint density at radius 2 is 2.00 bits per heavy atom. The predicted molar refractivity (Wildman–Crippen MR) is 80.5 cm³/mol. The summed E-state index contributed by atoms with van der Waals surface area (Å²) in [4.78, 5) is 18.9. The summed E-state index contributed by atoms with van der Waals surface area (Å²) in [7, 11) is 0. The van der Waals surface area contributed by atoms with Crippen molar-refractivity contribution in [1.29, 1.82) is 0 Å². The second-order valence-electron chi connectivity index (χ2n) is 5.59. The van der Waals surface area contributed by atoms with Crippen molar-refractivity contribution in [3.8, 4) is 0 Å². The van der Waals surface area contributed by atoms with Crippen molar-refractivity contribution in [2.24, 2.45) is 5.92 Å². The molecule has 4 nitrogen and oxygen atoms in total. The number of hydrogen-bond acceptors (Lipinski definition) is 3. The van der Waals surface area contributed by atoms with Gasteiger partial charge in [0, 0.05) is 24.2 Å². The summed E-state index contributed by atoms with van der Waals surface area (Å²) in [6.45, 7) is 3.86. The number of nitrogens with zero attached hydrogens (tertiary/aromatic N) is 2. The average molecular weight is 269 g/mol. The molecule has 1 aromatic heterocycles. The summed E-state index contributed by atoms with van der Waals surface area (Å²) in [6, 6.07) is 9.34. The highest BCUT2D eigenvalue weighted by molar-refractivity contribution is 5.99. The zero-order valence-corrected chi connectivity index (χ0v) is 11.7. The van der Waals surface area contributed by atoms with Gasteiger partial charge in [0.25, 0.3) is 5.91 Å². The number of carbonyl (C=O) groups is 1. The summed E-state index contributed by atoms with van der Waals surface area (Å²) in [5, 5.41) is 0.899. The third-order valence-electron chi connectivity index (χ3n) is 4.04. The number of nitrogens with two attached hydrogens (primary N) is 1. The second-order valence-corrected chi connectivity index (χ2v) is 5.59. The molecule has 20 heavy (non-hydrogen) atoms. The molecule has 1 aromatic carbocycles. The van der Waals surface area contributed by atoms with E-state index >= 15 is 0 Å². The average Bonchev–Trinajstić information content (AvgIpc) is 2.47. The van der Waals surface area contributed by atoms with Crippen LogP contribution in [0.5, 0.6) is 0 Å². The van der Waals surface area contributed by atoms with Crippen molar-refractivity contribution in [3.05, 3.63) is 36.0 Å². The fraction of sp³-hybridized carbons (Fsp3) is 0.375. The number of carbonyl (C=O) groups excluding carboxylic acids is 1. The maximum atomic E-state index is 12.5. The topological polar surface area (TPSA) is 59.2 Å². The summed E-state index contributed by atoms with van der Waals surface area (Å²) < 4.78 is 0. The molecule has 3 rings (SSSR count). The Morgan fingerprint density at radius 3 is 2.75 bits per heavy atom. The van der Waals surface area contributed by atoms with E-state index in [2.05, 4.69) is 11.9 Å². The fourth-order valence-corrected chi connectivity index (χ4v) is 2.69. The third kappa shape index (κ3) is 2.33. The Kier molecular flexibility index (Phi) is 3.30. The minimum Gasteiger partial charge on any atom is -0.398 e. The number of amides is 1. The fourth-order valence-electron chi connectivity index (χ4n) is 2.69. The molecule has 1 fully saturated rings. The normalized spacial score (nSPS) is 16.6. The van der Waals surface area contributed by atoms with Crippen LogP contribution < -0.4 is 5.73 Å². The molecule has 0 spiro atoms. The first-order valence-electron chi connectivity index (χ1n) is 7.09. The molecule has 2 aromatic rings. The van der Waals surface area contributed by atoms with E-state index < -0.39 is 0 Å². The number of rotatable bonds is 1. The summed E-state index contributed by atoms with van der Waals surface area (Å²) in [5.41, 5.74) is 7.88. The molecule has 1 aliphatic heterocycles. The molecular formula is C16H19N3O. The largest absolute Gasteiger partial charge is 0.398 e. The van der Waals surface area contributed by atoms with Crippen molar-refractivity contribution in [3.63, 3.8) is 0 Å². The Hall–Kier alpha value is -2.10. The van der Waals surface area contributed by atoms with Crippen LogP contribution in [-0.2, 0) is 0 Å². The minimum atomic E-state index is -0.00523. The van der Waals surface area contributed by atoms with Crippen LogP contribution in [0, 0.1) is 5.92 Å². The van der Waals surface area contributed by atoms with Crippen LogP contribution in [0.25, 0.3) is 10.9 Å². The van der Waals surface area contributed by atoms with Gasteiger partial charge in [0.2, 0.25) is 0 Å². The van der Waals surface area contributed by atoms with Crippen molar-refractivity contribution < 1.29 is 4.79 Å². The molecule has 104 valence electrons. The van der Waals surface area contributed by atoms with Crippen LogP contribution in [0.4, 0.5) is 5.69 Å². The number of anilines is 1. The number of para-hydroxylation sites is 1. The lowest BCUT2D eigenvalue weighted by molar-refractivity contribution is 0.0692. The number of piperidine rings is 1. The molecule has 0 radical (unpaired) electrons. The quantitative estimate of drug-likeness (QED) is 0.866. The van der Waals surface area contributed by atoms with Gasteiger partial charge in [-0.15, -0.1) is 0 Å². The van der Waals surface area contributed by atoms with Crippen molar-refractivity contribution >= 4 is 22.5 Å². The zero-order valence-electron chi connectivity index (χ0n) is 11.7. The maximum Gasteiger partial charge on any atom is 0.272 e. The van der Waals surface area contributed by atoms with E-state index in [-0.39, 0.29) is 5.91 Å². The molecule has 0 bridgehead atoms. The molecule has 0 saturated carbocycles. The predicted octanol–water partition coefficient (Wildman–Crippen LogP) is 2.69. The van der Waals surface area contributed by atoms with Crippen LogP contribution in [0.3, 0.4) is 0 Å². The van der Waals surface area contributed by atoms with E-state index in [4.69, 9.17) is 5.73 Å². The van der Waals surface area contributed by atoms with Gasteiger partial charge in [0.1, 0.15) is 5.69 Å². The molecule has 0 atom stereocenters. The Balaban J connectivity index is 1.92. The first-order valence-corrected chi connectivity index (χ1v) is 7.09. The van der Waals surface area contributed by atoms with Crippen LogP contribution in [0.1, 0.15) is 30.3 Å². The van der Waals surface area contributed by atoms with Gasteiger partial charge >= 0.3 is 0 Å². The number of benzene rings is 1. The van der Waals surface area contributed by atoms with Crippen LogP contribution in [0.2, 0.25) is 0 Å². The van der Waals surface area contributed by atoms with E-state index in [1.807, 2.05) is 29.2 Å². The van der Waals surface area contributed by atoms with Crippen molar-refractivity contribution in [2.75, 3.05) is 18.8 Å². The second kappa shape index (κ2) is 5.12. The number of hydrogen-bond donors (Lipinski definition) is 1. The van der Waals surface area contributed by atoms with Gasteiger partial charge in [0.15, 0.2) is 0 Å². The lowest BCUT2D eigenvalue weighted by atomic mass is 9.99. The van der Waals surface area contributed by atoms with Gasteiger partial charge < -0.3 is 10.6 Å². The maximum absolute atomic E-state index is 12.5. The highest BCUT2D eigenvalue weighted by Crippen LogP contribution is 2.22. The summed E-state index contributed by atoms with van der Waals surface area (Å²) >= 11 is 0. The molecule has 1 amide bonds. The SMILES string of the molecule is CC1CCN(C(=O)c2cc(N)c3ccccc3n2)CC1. The molecule has 0 unspecified atom stereocenters. The van der Waals surface area contributed by atoms with E-state index in [0.29, 0.717) is 17.3 Å². The molecule has 1 aliphatic rings. The molecule has 0 aliphatic carbocycles. The number of aromatic nitrogens is 1. The zero-order chi connectivity index (χ0) is 14.1. The Morgan fingerprint density at radius 1 is 1.30 bits per heavy atom. The first kappa shape index (κ1) is 12.9. The molecule has 1 saturated heterocycles. The highest BCUT2D eigenvalue weighted by atomic mass is 16.2.